The molecule has 0 bridgehead atoms. The van der Waals surface area contributed by atoms with Gasteiger partial charge in [-0.2, -0.15) is 0 Å². The highest BCUT2D eigenvalue weighted by Gasteiger charge is 2.20. The Kier molecular flexibility index (Phi) is 5.77. The minimum atomic E-state index is -0.241. The van der Waals surface area contributed by atoms with Gasteiger partial charge in [0.2, 0.25) is 5.91 Å². The average Bonchev–Trinajstić information content (AvgIpc) is 3.12. The van der Waals surface area contributed by atoms with Crippen LogP contribution in [0.5, 0.6) is 0 Å². The van der Waals surface area contributed by atoms with E-state index >= 15 is 0 Å². The molecular weight excluding hydrogens is 368 g/mol. The Labute approximate surface area is 169 Å². The summed E-state index contributed by atoms with van der Waals surface area (Å²) in [6.07, 6.45) is 1.66. The molecule has 0 aliphatic heterocycles. The first-order valence-corrected chi connectivity index (χ1v) is 9.31. The first-order valence-electron chi connectivity index (χ1n) is 9.31. The summed E-state index contributed by atoms with van der Waals surface area (Å²) in [5.41, 5.74) is 3.01. The molecule has 0 unspecified atom stereocenters. The minimum Gasteiger partial charge on any atom is -0.361 e. The molecular formula is C22H24N4O3. The molecule has 150 valence electrons. The van der Waals surface area contributed by atoms with Crippen molar-refractivity contribution in [3.63, 3.8) is 0 Å². The molecule has 3 rings (SSSR count). The van der Waals surface area contributed by atoms with Gasteiger partial charge in [-0.3, -0.25) is 14.6 Å². The third-order valence-corrected chi connectivity index (χ3v) is 4.24. The topological polar surface area (TPSA) is 97.1 Å². The number of carbonyl (C=O) groups is 2. The molecule has 2 amide bonds. The van der Waals surface area contributed by atoms with Gasteiger partial charge in [0.05, 0.1) is 17.7 Å². The highest BCUT2D eigenvalue weighted by molar-refractivity contribution is 6.04. The lowest BCUT2D eigenvalue weighted by Gasteiger charge is -2.12. The zero-order valence-corrected chi connectivity index (χ0v) is 16.9. The fourth-order valence-corrected chi connectivity index (χ4v) is 2.56. The lowest BCUT2D eigenvalue weighted by atomic mass is 9.93. The number of pyridine rings is 1. The number of nitrogens with zero attached hydrogens (tertiary/aromatic N) is 2. The molecule has 29 heavy (non-hydrogen) atoms. The Balaban J connectivity index is 1.56. The van der Waals surface area contributed by atoms with E-state index in [1.165, 1.54) is 6.20 Å². The van der Waals surface area contributed by atoms with E-state index in [-0.39, 0.29) is 23.7 Å². The van der Waals surface area contributed by atoms with Gasteiger partial charge in [0, 0.05) is 34.7 Å². The first-order chi connectivity index (χ1) is 13.7. The third-order valence-electron chi connectivity index (χ3n) is 4.24. The van der Waals surface area contributed by atoms with E-state index in [0.717, 1.165) is 11.5 Å². The quantitative estimate of drug-likeness (QED) is 0.681. The predicted molar refractivity (Wildman–Crippen MR) is 111 cm³/mol. The first kappa shape index (κ1) is 20.3. The van der Waals surface area contributed by atoms with Gasteiger partial charge in [-0.15, -0.1) is 0 Å². The Hall–Kier alpha value is -3.48. The van der Waals surface area contributed by atoms with E-state index in [0.29, 0.717) is 22.6 Å². The molecule has 1 aromatic carbocycles. The molecule has 0 aliphatic rings. The maximum atomic E-state index is 12.2. The van der Waals surface area contributed by atoms with Crippen LogP contribution in [-0.2, 0) is 16.6 Å². The summed E-state index contributed by atoms with van der Waals surface area (Å²) in [4.78, 5) is 28.6. The van der Waals surface area contributed by atoms with E-state index in [2.05, 4.69) is 20.8 Å². The van der Waals surface area contributed by atoms with Crippen molar-refractivity contribution in [1.82, 2.24) is 10.1 Å². The second-order valence-electron chi connectivity index (χ2n) is 7.88. The number of hydrogen-bond donors (Lipinski definition) is 2. The van der Waals surface area contributed by atoms with Crippen molar-refractivity contribution in [2.24, 2.45) is 0 Å². The van der Waals surface area contributed by atoms with Crippen molar-refractivity contribution in [1.29, 1.82) is 0 Å². The summed E-state index contributed by atoms with van der Waals surface area (Å²) in [6, 6.07) is 12.2. The molecule has 0 aliphatic carbocycles. The number of aryl methyl sites for hydroxylation is 1. The van der Waals surface area contributed by atoms with Crippen LogP contribution in [0.3, 0.4) is 0 Å². The molecule has 0 fully saturated rings. The van der Waals surface area contributed by atoms with Crippen molar-refractivity contribution < 1.29 is 14.1 Å². The molecule has 3 aromatic rings. The normalized spacial score (nSPS) is 11.2. The van der Waals surface area contributed by atoms with Crippen molar-refractivity contribution in [2.75, 3.05) is 10.6 Å². The molecule has 7 nitrogen and oxygen atoms in total. The van der Waals surface area contributed by atoms with Crippen LogP contribution in [0.4, 0.5) is 11.4 Å². The fraction of sp³-hybridized carbons (Fsp3) is 0.273. The van der Waals surface area contributed by atoms with Crippen LogP contribution in [0.25, 0.3) is 0 Å². The summed E-state index contributed by atoms with van der Waals surface area (Å²) in [5, 5.41) is 9.57. The Morgan fingerprint density at radius 3 is 2.21 bits per heavy atom. The largest absolute Gasteiger partial charge is 0.361 e. The SMILES string of the molecule is Cc1ccc(C(=O)Nc2ccc(NC(=O)Cc3cc(C(C)(C)C)on3)cc2)cn1. The summed E-state index contributed by atoms with van der Waals surface area (Å²) in [6.45, 7) is 7.92. The molecule has 2 heterocycles. The molecule has 0 spiro atoms. The lowest BCUT2D eigenvalue weighted by molar-refractivity contribution is -0.115. The third kappa shape index (κ3) is 5.51. The van der Waals surface area contributed by atoms with Gasteiger partial charge >= 0.3 is 0 Å². The van der Waals surface area contributed by atoms with E-state index in [9.17, 15) is 9.59 Å². The van der Waals surface area contributed by atoms with Crippen molar-refractivity contribution in [3.8, 4) is 0 Å². The molecule has 0 radical (unpaired) electrons. The average molecular weight is 392 g/mol. The van der Waals surface area contributed by atoms with E-state index in [4.69, 9.17) is 4.52 Å². The second-order valence-corrected chi connectivity index (χ2v) is 7.88. The highest BCUT2D eigenvalue weighted by atomic mass is 16.5. The second kappa shape index (κ2) is 8.26. The summed E-state index contributed by atoms with van der Waals surface area (Å²) < 4.78 is 5.30. The Bertz CT molecular complexity index is 1000. The van der Waals surface area contributed by atoms with Gasteiger partial charge in [-0.05, 0) is 43.3 Å². The van der Waals surface area contributed by atoms with E-state index in [1.54, 1.807) is 42.5 Å². The summed E-state index contributed by atoms with van der Waals surface area (Å²) in [5.74, 6) is 0.306. The van der Waals surface area contributed by atoms with Crippen LogP contribution >= 0.6 is 0 Å². The zero-order valence-electron chi connectivity index (χ0n) is 16.9. The molecule has 0 atom stereocenters. The van der Waals surface area contributed by atoms with Crippen molar-refractivity contribution in [2.45, 2.75) is 39.5 Å². The number of hydrogen-bond acceptors (Lipinski definition) is 5. The van der Waals surface area contributed by atoms with Gasteiger partial charge < -0.3 is 15.2 Å². The molecule has 0 saturated heterocycles. The zero-order chi connectivity index (χ0) is 21.0. The Morgan fingerprint density at radius 2 is 1.66 bits per heavy atom. The smallest absolute Gasteiger partial charge is 0.257 e. The highest BCUT2D eigenvalue weighted by Crippen LogP contribution is 2.23. The van der Waals surface area contributed by atoms with Crippen molar-refractivity contribution >= 4 is 23.2 Å². The van der Waals surface area contributed by atoms with Crippen molar-refractivity contribution in [3.05, 3.63) is 71.4 Å². The monoisotopic (exact) mass is 392 g/mol. The van der Waals surface area contributed by atoms with E-state index in [1.807, 2.05) is 27.7 Å². The maximum absolute atomic E-state index is 12.2. The molecule has 2 N–H and O–H groups in total. The van der Waals surface area contributed by atoms with Crippen LogP contribution < -0.4 is 10.6 Å². The number of carbonyl (C=O) groups excluding carboxylic acids is 2. The van der Waals surface area contributed by atoms with Crippen LogP contribution in [0.1, 0.15) is 48.3 Å². The number of amides is 2. The number of anilines is 2. The maximum Gasteiger partial charge on any atom is 0.257 e. The lowest BCUT2D eigenvalue weighted by Crippen LogP contribution is -2.15. The van der Waals surface area contributed by atoms with Crippen LogP contribution in [0.15, 0.2) is 53.2 Å². The minimum absolute atomic E-state index is 0.124. The molecule has 0 saturated carbocycles. The predicted octanol–water partition coefficient (Wildman–Crippen LogP) is 4.11. The van der Waals surface area contributed by atoms with Gasteiger partial charge in [-0.25, -0.2) is 0 Å². The van der Waals surface area contributed by atoms with E-state index < -0.39 is 0 Å². The van der Waals surface area contributed by atoms with Crippen LogP contribution in [0, 0.1) is 6.92 Å². The van der Waals surface area contributed by atoms with Gasteiger partial charge in [0.1, 0.15) is 5.76 Å². The number of benzene rings is 1. The van der Waals surface area contributed by atoms with Gasteiger partial charge in [-0.1, -0.05) is 25.9 Å². The number of aromatic nitrogens is 2. The summed E-state index contributed by atoms with van der Waals surface area (Å²) in [7, 11) is 0. The standard InChI is InChI=1S/C22H24N4O3/c1-14-5-6-15(13-23-14)21(28)25-17-9-7-16(8-10-17)24-20(27)12-18-11-19(29-26-18)22(2,3)4/h5-11,13H,12H2,1-4H3,(H,24,27)(H,25,28). The van der Waals surface area contributed by atoms with Crippen LogP contribution in [-0.4, -0.2) is 22.0 Å². The summed E-state index contributed by atoms with van der Waals surface area (Å²) >= 11 is 0. The van der Waals surface area contributed by atoms with Gasteiger partial charge in [0.25, 0.3) is 5.91 Å². The Morgan fingerprint density at radius 1 is 1.00 bits per heavy atom. The van der Waals surface area contributed by atoms with Gasteiger partial charge in [0.15, 0.2) is 0 Å². The fourth-order valence-electron chi connectivity index (χ4n) is 2.56. The molecule has 2 aromatic heterocycles. The van der Waals surface area contributed by atoms with Crippen LogP contribution in [0.2, 0.25) is 0 Å². The number of rotatable bonds is 5. The number of nitrogens with one attached hydrogen (secondary N) is 2. The molecule has 7 heteroatoms.